The van der Waals surface area contributed by atoms with Crippen LogP contribution in [-0.2, 0) is 17.1 Å². The predicted molar refractivity (Wildman–Crippen MR) is 89.6 cm³/mol. The van der Waals surface area contributed by atoms with E-state index in [4.69, 9.17) is 4.74 Å². The van der Waals surface area contributed by atoms with Gasteiger partial charge in [0, 0.05) is 25.0 Å². The summed E-state index contributed by atoms with van der Waals surface area (Å²) in [4.78, 5) is 12.4. The van der Waals surface area contributed by atoms with E-state index in [2.05, 4.69) is 10.0 Å². The van der Waals surface area contributed by atoms with Gasteiger partial charge in [0.25, 0.3) is 5.91 Å². The maximum absolute atomic E-state index is 13.3. The third-order valence-corrected chi connectivity index (χ3v) is 5.54. The number of benzene rings is 1. The Labute approximate surface area is 149 Å². The molecule has 3 rings (SSSR count). The number of amides is 1. The van der Waals surface area contributed by atoms with Crippen LogP contribution in [0.1, 0.15) is 23.8 Å². The normalized spacial score (nSPS) is 18.5. The van der Waals surface area contributed by atoms with E-state index < -0.39 is 33.6 Å². The van der Waals surface area contributed by atoms with Gasteiger partial charge >= 0.3 is 0 Å². The summed E-state index contributed by atoms with van der Waals surface area (Å²) in [7, 11) is -2.35. The SMILES string of the molecule is CCC1COc2c(cn(C)c2C(=O)Nc2ccc(F)c(F)c2)S(=O)(=O)N1. The van der Waals surface area contributed by atoms with E-state index >= 15 is 0 Å². The van der Waals surface area contributed by atoms with Crippen LogP contribution in [0.2, 0.25) is 0 Å². The lowest BCUT2D eigenvalue weighted by Crippen LogP contribution is -2.36. The van der Waals surface area contributed by atoms with E-state index in [-0.39, 0.29) is 28.6 Å². The highest BCUT2D eigenvalue weighted by Gasteiger charge is 2.34. The molecule has 2 N–H and O–H groups in total. The summed E-state index contributed by atoms with van der Waals surface area (Å²) in [5.74, 6) is -2.93. The topological polar surface area (TPSA) is 89.4 Å². The number of halogens is 2. The average Bonchev–Trinajstić information content (AvgIpc) is 2.86. The van der Waals surface area contributed by atoms with Gasteiger partial charge in [-0.2, -0.15) is 0 Å². The molecular formula is C16H17F2N3O4S. The average molecular weight is 385 g/mol. The number of hydrogen-bond acceptors (Lipinski definition) is 4. The van der Waals surface area contributed by atoms with Gasteiger partial charge < -0.3 is 14.6 Å². The van der Waals surface area contributed by atoms with Crippen LogP contribution < -0.4 is 14.8 Å². The summed E-state index contributed by atoms with van der Waals surface area (Å²) in [6.45, 7) is 1.88. The smallest absolute Gasteiger partial charge is 0.276 e. The van der Waals surface area contributed by atoms with Crippen molar-refractivity contribution in [3.8, 4) is 5.75 Å². The summed E-state index contributed by atoms with van der Waals surface area (Å²) in [6, 6.07) is 2.50. The molecule has 140 valence electrons. The second-order valence-corrected chi connectivity index (χ2v) is 7.58. The van der Waals surface area contributed by atoms with Crippen LogP contribution in [0.15, 0.2) is 29.3 Å². The Morgan fingerprint density at radius 1 is 1.38 bits per heavy atom. The van der Waals surface area contributed by atoms with Crippen molar-refractivity contribution in [2.75, 3.05) is 11.9 Å². The lowest BCUT2D eigenvalue weighted by Gasteiger charge is -2.13. The molecule has 0 saturated heterocycles. The van der Waals surface area contributed by atoms with E-state index in [1.54, 1.807) is 0 Å². The molecule has 2 aromatic rings. The number of carbonyl (C=O) groups excluding carboxylic acids is 1. The van der Waals surface area contributed by atoms with Crippen molar-refractivity contribution in [2.24, 2.45) is 7.05 Å². The summed E-state index contributed by atoms with van der Waals surface area (Å²) < 4.78 is 60.7. The molecule has 2 heterocycles. The highest BCUT2D eigenvalue weighted by Crippen LogP contribution is 2.33. The molecule has 1 amide bonds. The highest BCUT2D eigenvalue weighted by atomic mass is 32.2. The van der Waals surface area contributed by atoms with Gasteiger partial charge in [-0.3, -0.25) is 4.79 Å². The first-order valence-electron chi connectivity index (χ1n) is 7.83. The van der Waals surface area contributed by atoms with Crippen molar-refractivity contribution in [1.82, 2.24) is 9.29 Å². The zero-order valence-electron chi connectivity index (χ0n) is 14.0. The Hall–Kier alpha value is -2.46. The molecule has 26 heavy (non-hydrogen) atoms. The van der Waals surface area contributed by atoms with E-state index in [1.165, 1.54) is 23.9 Å². The number of sulfonamides is 1. The van der Waals surface area contributed by atoms with Crippen molar-refractivity contribution >= 4 is 21.6 Å². The lowest BCUT2D eigenvalue weighted by molar-refractivity contribution is 0.101. The number of rotatable bonds is 3. The number of carbonyl (C=O) groups is 1. The third-order valence-electron chi connectivity index (χ3n) is 4.03. The van der Waals surface area contributed by atoms with Crippen molar-refractivity contribution in [2.45, 2.75) is 24.3 Å². The predicted octanol–water partition coefficient (Wildman–Crippen LogP) is 2.00. The van der Waals surface area contributed by atoms with Gasteiger partial charge in [-0.25, -0.2) is 21.9 Å². The van der Waals surface area contributed by atoms with Crippen LogP contribution in [0.5, 0.6) is 5.75 Å². The van der Waals surface area contributed by atoms with Crippen LogP contribution in [0.25, 0.3) is 0 Å². The van der Waals surface area contributed by atoms with Gasteiger partial charge in [-0.1, -0.05) is 6.92 Å². The van der Waals surface area contributed by atoms with Crippen LogP contribution in [0.3, 0.4) is 0 Å². The largest absolute Gasteiger partial charge is 0.488 e. The zero-order valence-corrected chi connectivity index (χ0v) is 14.9. The van der Waals surface area contributed by atoms with E-state index in [9.17, 15) is 22.0 Å². The number of hydrogen-bond donors (Lipinski definition) is 2. The van der Waals surface area contributed by atoms with E-state index in [1.807, 2.05) is 6.92 Å². The lowest BCUT2D eigenvalue weighted by atomic mass is 10.2. The molecule has 1 unspecified atom stereocenters. The molecule has 0 bridgehead atoms. The second-order valence-electron chi connectivity index (χ2n) is 5.90. The van der Waals surface area contributed by atoms with E-state index in [0.29, 0.717) is 6.42 Å². The molecule has 0 saturated carbocycles. The maximum atomic E-state index is 13.3. The first-order valence-corrected chi connectivity index (χ1v) is 9.32. The Kier molecular flexibility index (Phi) is 4.72. The van der Waals surface area contributed by atoms with Gasteiger partial charge in [-0.15, -0.1) is 0 Å². The van der Waals surface area contributed by atoms with Crippen molar-refractivity contribution < 1.29 is 26.7 Å². The van der Waals surface area contributed by atoms with Crippen LogP contribution in [-0.4, -0.2) is 31.5 Å². The summed E-state index contributed by atoms with van der Waals surface area (Å²) in [6.07, 6.45) is 1.79. The minimum absolute atomic E-state index is 0.0323. The van der Waals surface area contributed by atoms with Gasteiger partial charge in [0.2, 0.25) is 10.0 Å². The summed E-state index contributed by atoms with van der Waals surface area (Å²) in [5.41, 5.74) is -0.00301. The molecule has 1 aliphatic heterocycles. The minimum atomic E-state index is -3.85. The van der Waals surface area contributed by atoms with Crippen molar-refractivity contribution in [3.63, 3.8) is 0 Å². The molecule has 1 atom stereocenters. The maximum Gasteiger partial charge on any atom is 0.276 e. The number of anilines is 1. The molecule has 1 aromatic heterocycles. The van der Waals surface area contributed by atoms with Gasteiger partial charge in [0.15, 0.2) is 23.1 Å². The van der Waals surface area contributed by atoms with Crippen LogP contribution in [0.4, 0.5) is 14.5 Å². The van der Waals surface area contributed by atoms with Crippen LogP contribution in [0, 0.1) is 11.6 Å². The Balaban J connectivity index is 1.98. The van der Waals surface area contributed by atoms with E-state index in [0.717, 1.165) is 12.1 Å². The third kappa shape index (κ3) is 3.29. The highest BCUT2D eigenvalue weighted by molar-refractivity contribution is 7.89. The molecular weight excluding hydrogens is 368 g/mol. The number of ether oxygens (including phenoxy) is 1. The Morgan fingerprint density at radius 2 is 2.12 bits per heavy atom. The number of nitrogens with zero attached hydrogens (tertiary/aromatic N) is 1. The molecule has 7 nitrogen and oxygen atoms in total. The fourth-order valence-corrected chi connectivity index (χ4v) is 4.13. The van der Waals surface area contributed by atoms with Crippen molar-refractivity contribution in [3.05, 3.63) is 41.7 Å². The Bertz CT molecular complexity index is 972. The van der Waals surface area contributed by atoms with Crippen LogP contribution >= 0.6 is 0 Å². The fraction of sp³-hybridized carbons (Fsp3) is 0.312. The van der Waals surface area contributed by atoms with Gasteiger partial charge in [0.05, 0.1) is 6.04 Å². The van der Waals surface area contributed by atoms with Crippen molar-refractivity contribution in [1.29, 1.82) is 0 Å². The monoisotopic (exact) mass is 385 g/mol. The standard InChI is InChI=1S/C16H17F2N3O4S/c1-3-9-8-25-15-13(26(23,24)20-9)7-21(2)14(15)16(22)19-10-4-5-11(17)12(18)6-10/h4-7,9,20H,3,8H2,1-2H3,(H,19,22). The zero-order chi connectivity index (χ0) is 19.1. The molecule has 1 aliphatic rings. The first kappa shape index (κ1) is 18.3. The number of aryl methyl sites for hydroxylation is 1. The minimum Gasteiger partial charge on any atom is -0.488 e. The summed E-state index contributed by atoms with van der Waals surface area (Å²) >= 11 is 0. The molecule has 0 aliphatic carbocycles. The number of nitrogens with one attached hydrogen (secondary N) is 2. The summed E-state index contributed by atoms with van der Waals surface area (Å²) in [5, 5.41) is 2.41. The molecule has 0 spiro atoms. The number of fused-ring (bicyclic) bond motifs is 1. The molecule has 0 fully saturated rings. The molecule has 1 aromatic carbocycles. The molecule has 10 heteroatoms. The quantitative estimate of drug-likeness (QED) is 0.846. The number of aromatic nitrogens is 1. The van der Waals surface area contributed by atoms with Gasteiger partial charge in [-0.05, 0) is 18.6 Å². The second kappa shape index (κ2) is 6.69. The molecule has 0 radical (unpaired) electrons. The Morgan fingerprint density at radius 3 is 2.77 bits per heavy atom. The fourth-order valence-electron chi connectivity index (χ4n) is 2.64. The van der Waals surface area contributed by atoms with Gasteiger partial charge in [0.1, 0.15) is 11.5 Å². The first-order chi connectivity index (χ1) is 12.2.